The number of aliphatic carboxylic acids is 1. The molecule has 0 amide bonds. The van der Waals surface area contributed by atoms with Crippen molar-refractivity contribution in [3.8, 4) is 0 Å². The van der Waals surface area contributed by atoms with E-state index in [0.717, 1.165) is 4.31 Å². The van der Waals surface area contributed by atoms with Crippen LogP contribution in [0.2, 0.25) is 4.34 Å². The Hall–Kier alpha value is -0.670. The minimum atomic E-state index is -3.72. The van der Waals surface area contributed by atoms with Crippen LogP contribution in [0.4, 0.5) is 0 Å². The van der Waals surface area contributed by atoms with Crippen molar-refractivity contribution in [3.05, 3.63) is 15.3 Å². The number of thiophene rings is 1. The summed E-state index contributed by atoms with van der Waals surface area (Å²) in [5, 5.41) is 9.16. The highest BCUT2D eigenvalue weighted by Gasteiger charge is 2.55. The van der Waals surface area contributed by atoms with E-state index >= 15 is 0 Å². The van der Waals surface area contributed by atoms with Gasteiger partial charge < -0.3 is 9.84 Å². The number of aryl methyl sites for hydroxylation is 1. The third-order valence-electron chi connectivity index (χ3n) is 3.13. The molecular weight excluding hydrogens is 326 g/mol. The molecule has 112 valence electrons. The first-order valence-electron chi connectivity index (χ1n) is 5.86. The van der Waals surface area contributed by atoms with Gasteiger partial charge in [0.05, 0.1) is 22.3 Å². The molecule has 20 heavy (non-hydrogen) atoms. The van der Waals surface area contributed by atoms with Gasteiger partial charge in [-0.15, -0.1) is 11.3 Å². The van der Waals surface area contributed by atoms with Crippen LogP contribution in [-0.4, -0.2) is 49.1 Å². The van der Waals surface area contributed by atoms with Gasteiger partial charge in [-0.2, -0.15) is 4.31 Å². The van der Waals surface area contributed by atoms with E-state index in [9.17, 15) is 13.2 Å². The van der Waals surface area contributed by atoms with Crippen molar-refractivity contribution in [1.82, 2.24) is 4.31 Å². The molecule has 0 aromatic carbocycles. The first-order chi connectivity index (χ1) is 9.23. The van der Waals surface area contributed by atoms with E-state index < -0.39 is 21.6 Å². The number of rotatable bonds is 5. The Morgan fingerprint density at radius 3 is 2.60 bits per heavy atom. The molecule has 1 aromatic heterocycles. The molecule has 2 heterocycles. The predicted molar refractivity (Wildman–Crippen MR) is 74.8 cm³/mol. The third-order valence-corrected chi connectivity index (χ3v) is 6.36. The molecule has 0 aliphatic carbocycles. The van der Waals surface area contributed by atoms with Crippen LogP contribution in [0.3, 0.4) is 0 Å². The molecule has 1 aliphatic heterocycles. The molecule has 1 aromatic rings. The first-order valence-corrected chi connectivity index (χ1v) is 8.50. The highest BCUT2D eigenvalue weighted by molar-refractivity contribution is 7.89. The van der Waals surface area contributed by atoms with Gasteiger partial charge in [0.25, 0.3) is 0 Å². The Kier molecular flexibility index (Phi) is 4.14. The van der Waals surface area contributed by atoms with Crippen LogP contribution in [0.1, 0.15) is 11.8 Å². The minimum Gasteiger partial charge on any atom is -0.479 e. The van der Waals surface area contributed by atoms with Crippen LogP contribution in [0.15, 0.2) is 11.0 Å². The third kappa shape index (κ3) is 2.46. The molecule has 0 saturated carbocycles. The quantitative estimate of drug-likeness (QED) is 0.880. The number of hydrogen-bond acceptors (Lipinski definition) is 5. The van der Waals surface area contributed by atoms with Gasteiger partial charge in [-0.3, -0.25) is 0 Å². The SMILES string of the molecule is CCOC1(C(=O)O)CN(S(=O)(=O)c2cc(Cl)sc2C)C1. The highest BCUT2D eigenvalue weighted by atomic mass is 35.5. The van der Waals surface area contributed by atoms with Crippen molar-refractivity contribution in [2.45, 2.75) is 24.3 Å². The van der Waals surface area contributed by atoms with E-state index in [4.69, 9.17) is 21.4 Å². The molecule has 1 aliphatic rings. The van der Waals surface area contributed by atoms with E-state index in [1.54, 1.807) is 13.8 Å². The molecule has 1 fully saturated rings. The summed E-state index contributed by atoms with van der Waals surface area (Å²) in [4.78, 5) is 11.9. The summed E-state index contributed by atoms with van der Waals surface area (Å²) >= 11 is 6.99. The highest BCUT2D eigenvalue weighted by Crippen LogP contribution is 2.36. The zero-order chi connectivity index (χ0) is 15.1. The maximum atomic E-state index is 12.4. The van der Waals surface area contributed by atoms with Gasteiger partial charge in [0.15, 0.2) is 5.60 Å². The van der Waals surface area contributed by atoms with Crippen molar-refractivity contribution in [2.24, 2.45) is 0 Å². The maximum Gasteiger partial charge on any atom is 0.338 e. The van der Waals surface area contributed by atoms with Crippen molar-refractivity contribution < 1.29 is 23.1 Å². The van der Waals surface area contributed by atoms with Gasteiger partial charge in [0.1, 0.15) is 0 Å². The smallest absolute Gasteiger partial charge is 0.338 e. The fourth-order valence-corrected chi connectivity index (χ4v) is 5.41. The van der Waals surface area contributed by atoms with Gasteiger partial charge in [-0.1, -0.05) is 11.6 Å². The zero-order valence-electron chi connectivity index (χ0n) is 10.9. The van der Waals surface area contributed by atoms with Crippen LogP contribution in [0.25, 0.3) is 0 Å². The molecule has 0 unspecified atom stereocenters. The molecule has 2 rings (SSSR count). The minimum absolute atomic E-state index is 0.128. The topological polar surface area (TPSA) is 83.9 Å². The van der Waals surface area contributed by atoms with E-state index in [1.807, 2.05) is 0 Å². The van der Waals surface area contributed by atoms with Crippen LogP contribution < -0.4 is 0 Å². The molecule has 9 heteroatoms. The summed E-state index contributed by atoms with van der Waals surface area (Å²) in [6.07, 6.45) is 0. The Morgan fingerprint density at radius 1 is 1.60 bits per heavy atom. The van der Waals surface area contributed by atoms with Crippen LogP contribution >= 0.6 is 22.9 Å². The Morgan fingerprint density at radius 2 is 2.20 bits per heavy atom. The lowest BCUT2D eigenvalue weighted by Gasteiger charge is -2.45. The molecule has 1 saturated heterocycles. The van der Waals surface area contributed by atoms with Crippen LogP contribution in [-0.2, 0) is 19.6 Å². The molecular formula is C11H14ClNO5S2. The summed E-state index contributed by atoms with van der Waals surface area (Å²) in [6, 6.07) is 1.39. The number of ether oxygens (including phenoxy) is 1. The van der Waals surface area contributed by atoms with Crippen molar-refractivity contribution in [1.29, 1.82) is 0 Å². The first kappa shape index (κ1) is 15.7. The van der Waals surface area contributed by atoms with Gasteiger partial charge >= 0.3 is 5.97 Å². The second-order valence-corrected chi connectivity index (χ2v) is 8.27. The summed E-state index contributed by atoms with van der Waals surface area (Å²) in [7, 11) is -3.72. The molecule has 1 N–H and O–H groups in total. The van der Waals surface area contributed by atoms with Gasteiger partial charge in [-0.05, 0) is 19.9 Å². The number of halogens is 1. The summed E-state index contributed by atoms with van der Waals surface area (Å²) in [5.74, 6) is -1.15. The molecule has 0 radical (unpaired) electrons. The lowest BCUT2D eigenvalue weighted by molar-refractivity contribution is -0.181. The number of carbonyl (C=O) groups is 1. The van der Waals surface area contributed by atoms with E-state index in [2.05, 4.69) is 0 Å². The monoisotopic (exact) mass is 339 g/mol. The molecule has 0 atom stereocenters. The second kappa shape index (κ2) is 5.27. The van der Waals surface area contributed by atoms with Crippen molar-refractivity contribution in [3.63, 3.8) is 0 Å². The summed E-state index contributed by atoms with van der Waals surface area (Å²) in [5.41, 5.74) is -1.43. The van der Waals surface area contributed by atoms with Gasteiger partial charge in [0, 0.05) is 11.5 Å². The van der Waals surface area contributed by atoms with Gasteiger partial charge in [0.2, 0.25) is 10.0 Å². The lowest BCUT2D eigenvalue weighted by atomic mass is 9.97. The lowest BCUT2D eigenvalue weighted by Crippen LogP contribution is -2.68. The number of carboxylic acid groups (broad SMARTS) is 1. The van der Waals surface area contributed by atoms with Crippen molar-refractivity contribution >= 4 is 38.9 Å². The average molecular weight is 340 g/mol. The number of carboxylic acids is 1. The van der Waals surface area contributed by atoms with Crippen molar-refractivity contribution in [2.75, 3.05) is 19.7 Å². The van der Waals surface area contributed by atoms with Gasteiger partial charge in [-0.25, -0.2) is 13.2 Å². The Balaban J connectivity index is 2.23. The Labute approximate surface area is 126 Å². The second-order valence-electron chi connectivity index (χ2n) is 4.48. The van der Waals surface area contributed by atoms with Crippen LogP contribution in [0.5, 0.6) is 0 Å². The number of hydrogen-bond donors (Lipinski definition) is 1. The Bertz CT molecular complexity index is 633. The molecule has 0 spiro atoms. The number of nitrogens with zero attached hydrogens (tertiary/aromatic N) is 1. The zero-order valence-corrected chi connectivity index (χ0v) is 13.3. The summed E-state index contributed by atoms with van der Waals surface area (Å²) < 4.78 is 31.5. The summed E-state index contributed by atoms with van der Waals surface area (Å²) in [6.45, 7) is 3.17. The van der Waals surface area contributed by atoms with E-state index in [-0.39, 0.29) is 24.6 Å². The standard InChI is InChI=1S/C11H14ClNO5S2/c1-3-18-11(10(14)15)5-13(6-11)20(16,17)8-4-9(12)19-7(8)2/h4H,3,5-6H2,1-2H3,(H,14,15). The predicted octanol–water partition coefficient (Wildman–Crippen LogP) is 1.57. The molecule has 0 bridgehead atoms. The number of sulfonamides is 1. The normalized spacial score (nSPS) is 18.8. The van der Waals surface area contributed by atoms with Crippen LogP contribution in [0, 0.1) is 6.92 Å². The van der Waals surface area contributed by atoms with E-state index in [0.29, 0.717) is 9.21 Å². The fourth-order valence-electron chi connectivity index (χ4n) is 2.08. The largest absolute Gasteiger partial charge is 0.479 e. The fraction of sp³-hybridized carbons (Fsp3) is 0.545. The maximum absolute atomic E-state index is 12.4. The average Bonchev–Trinajstić information content (AvgIpc) is 2.62. The molecule has 6 nitrogen and oxygen atoms in total. The van der Waals surface area contributed by atoms with E-state index in [1.165, 1.54) is 17.4 Å².